The Morgan fingerprint density at radius 3 is 2.00 bits per heavy atom. The van der Waals surface area contributed by atoms with Gasteiger partial charge in [0.25, 0.3) is 10.1 Å². The highest BCUT2D eigenvalue weighted by Crippen LogP contribution is 2.22. The summed E-state index contributed by atoms with van der Waals surface area (Å²) >= 11 is 0. The number of benzene rings is 2. The molecule has 0 radical (unpaired) electrons. The smallest absolute Gasteiger partial charge is 0.295 e. The Morgan fingerprint density at radius 2 is 1.46 bits per heavy atom. The molecule has 0 aliphatic rings. The third kappa shape index (κ3) is 6.81. The first kappa shape index (κ1) is 20.3. The van der Waals surface area contributed by atoms with Crippen molar-refractivity contribution in [3.63, 3.8) is 0 Å². The third-order valence-corrected chi connectivity index (χ3v) is 4.56. The van der Waals surface area contributed by atoms with Crippen molar-refractivity contribution < 1.29 is 17.8 Å². The fraction of sp³-hybridized carbons (Fsp3) is 0.421. The molecule has 132 valence electrons. The molecule has 0 unspecified atom stereocenters. The Balaban J connectivity index is 0.000000257. The molecule has 0 atom stereocenters. The van der Waals surface area contributed by atoms with E-state index >= 15 is 0 Å². The van der Waals surface area contributed by atoms with Gasteiger partial charge in [-0.15, -0.1) is 0 Å². The Morgan fingerprint density at radius 1 is 0.917 bits per heavy atom. The summed E-state index contributed by atoms with van der Waals surface area (Å²) in [5.74, 6) is 0.448. The van der Waals surface area contributed by atoms with Crippen molar-refractivity contribution in [3.05, 3.63) is 42.5 Å². The molecule has 2 aromatic rings. The van der Waals surface area contributed by atoms with E-state index in [9.17, 15) is 13.2 Å². The average Bonchev–Trinajstić information content (AvgIpc) is 2.57. The molecule has 0 spiro atoms. The minimum atomic E-state index is -4.13. The zero-order valence-corrected chi connectivity index (χ0v) is 15.2. The number of unbranched alkanes of at least 4 members (excludes halogenated alkanes) is 2. The standard InChI is InChI=1S/C10H8O3S.C9H18O/c11-14(12,13)10-7-3-5-8-4-1-2-6-9(8)10;1-3-5-7-9(10)8-6-4-2/h1-7H,(H,11,12,13);3-8H2,1-2H3. The highest BCUT2D eigenvalue weighted by atomic mass is 32.2. The first-order chi connectivity index (χ1) is 11.4. The predicted molar refractivity (Wildman–Crippen MR) is 97.8 cm³/mol. The van der Waals surface area contributed by atoms with Crippen LogP contribution in [0.4, 0.5) is 0 Å². The van der Waals surface area contributed by atoms with Gasteiger partial charge in [0.1, 0.15) is 10.7 Å². The van der Waals surface area contributed by atoms with Crippen LogP contribution in [0.5, 0.6) is 0 Å². The van der Waals surface area contributed by atoms with Gasteiger partial charge in [0.15, 0.2) is 0 Å². The van der Waals surface area contributed by atoms with Gasteiger partial charge in [-0.1, -0.05) is 63.1 Å². The molecule has 0 amide bonds. The summed E-state index contributed by atoms with van der Waals surface area (Å²) < 4.78 is 31.0. The van der Waals surface area contributed by atoms with E-state index in [1.807, 2.05) is 6.07 Å². The maximum Gasteiger partial charge on any atom is 0.295 e. The first-order valence-corrected chi connectivity index (χ1v) is 9.81. The normalized spacial score (nSPS) is 11.0. The summed E-state index contributed by atoms with van der Waals surface area (Å²) in [5, 5.41) is 1.33. The molecule has 0 saturated heterocycles. The molecule has 0 aliphatic carbocycles. The molecule has 2 aromatic carbocycles. The minimum Gasteiger partial charge on any atom is -0.300 e. The quantitative estimate of drug-likeness (QED) is 0.712. The lowest BCUT2D eigenvalue weighted by Gasteiger charge is -2.02. The van der Waals surface area contributed by atoms with Gasteiger partial charge in [-0.2, -0.15) is 8.42 Å². The maximum absolute atomic E-state index is 11.0. The van der Waals surface area contributed by atoms with Crippen LogP contribution in [0.1, 0.15) is 52.4 Å². The molecule has 0 saturated carbocycles. The van der Waals surface area contributed by atoms with Crippen molar-refractivity contribution >= 4 is 26.7 Å². The summed E-state index contributed by atoms with van der Waals surface area (Å²) in [7, 11) is -4.13. The van der Waals surface area contributed by atoms with Crippen LogP contribution in [0.25, 0.3) is 10.8 Å². The zero-order chi connectivity index (χ0) is 18.0. The number of fused-ring (bicyclic) bond motifs is 1. The number of hydrogen-bond acceptors (Lipinski definition) is 3. The molecule has 24 heavy (non-hydrogen) atoms. The average molecular weight is 350 g/mol. The SMILES string of the molecule is CCCCC(=O)CCCC.O=S(=O)(O)c1cccc2ccccc12. The van der Waals surface area contributed by atoms with Gasteiger partial charge >= 0.3 is 0 Å². The van der Waals surface area contributed by atoms with E-state index in [0.717, 1.165) is 43.9 Å². The Labute approximate surface area is 144 Å². The molecular weight excluding hydrogens is 324 g/mol. The van der Waals surface area contributed by atoms with E-state index in [4.69, 9.17) is 4.55 Å². The topological polar surface area (TPSA) is 71.4 Å². The van der Waals surface area contributed by atoms with Gasteiger partial charge in [-0.05, 0) is 24.3 Å². The van der Waals surface area contributed by atoms with Crippen molar-refractivity contribution in [3.8, 4) is 0 Å². The summed E-state index contributed by atoms with van der Waals surface area (Å²) in [6.45, 7) is 4.24. The Bertz CT molecular complexity index is 736. The van der Waals surface area contributed by atoms with Gasteiger partial charge in [-0.3, -0.25) is 9.35 Å². The molecule has 5 heteroatoms. The van der Waals surface area contributed by atoms with Crippen molar-refractivity contribution in [1.29, 1.82) is 0 Å². The molecule has 0 aromatic heterocycles. The lowest BCUT2D eigenvalue weighted by Crippen LogP contribution is -1.98. The number of rotatable bonds is 7. The maximum atomic E-state index is 11.0. The summed E-state index contributed by atoms with van der Waals surface area (Å²) in [5.41, 5.74) is 0. The molecular formula is C19H26O4S. The van der Waals surface area contributed by atoms with Crippen LogP contribution in [0.2, 0.25) is 0 Å². The number of ketones is 1. The molecule has 0 fully saturated rings. The van der Waals surface area contributed by atoms with Gasteiger partial charge in [0, 0.05) is 18.2 Å². The lowest BCUT2D eigenvalue weighted by atomic mass is 10.1. The second-order valence-electron chi connectivity index (χ2n) is 5.70. The van der Waals surface area contributed by atoms with E-state index in [2.05, 4.69) is 13.8 Å². The number of carbonyl (C=O) groups is 1. The van der Waals surface area contributed by atoms with Crippen LogP contribution >= 0.6 is 0 Å². The van der Waals surface area contributed by atoms with Crippen molar-refractivity contribution in [2.45, 2.75) is 57.3 Å². The van der Waals surface area contributed by atoms with Crippen LogP contribution in [0.15, 0.2) is 47.4 Å². The van der Waals surface area contributed by atoms with Crippen molar-refractivity contribution in [2.24, 2.45) is 0 Å². The van der Waals surface area contributed by atoms with Gasteiger partial charge in [-0.25, -0.2) is 0 Å². The van der Waals surface area contributed by atoms with Crippen LogP contribution in [0.3, 0.4) is 0 Å². The molecule has 2 rings (SSSR count). The number of Topliss-reactive ketones (excluding diaryl/α,β-unsaturated/α-hetero) is 1. The van der Waals surface area contributed by atoms with Gasteiger partial charge < -0.3 is 0 Å². The van der Waals surface area contributed by atoms with Crippen LogP contribution in [-0.2, 0) is 14.9 Å². The summed E-state index contributed by atoms with van der Waals surface area (Å²) in [6, 6.07) is 11.8. The summed E-state index contributed by atoms with van der Waals surface area (Å²) in [6.07, 6.45) is 6.02. The van der Waals surface area contributed by atoms with Crippen LogP contribution < -0.4 is 0 Å². The fourth-order valence-electron chi connectivity index (χ4n) is 2.29. The Kier molecular flexibility index (Phi) is 8.65. The predicted octanol–water partition coefficient (Wildman–Crippen LogP) is 5.02. The molecule has 1 N–H and O–H groups in total. The molecule has 0 heterocycles. The van der Waals surface area contributed by atoms with Crippen molar-refractivity contribution in [2.75, 3.05) is 0 Å². The minimum absolute atomic E-state index is 0.0457. The fourth-order valence-corrected chi connectivity index (χ4v) is 3.01. The van der Waals surface area contributed by atoms with E-state index in [0.29, 0.717) is 11.2 Å². The van der Waals surface area contributed by atoms with E-state index in [1.165, 1.54) is 6.07 Å². The summed E-state index contributed by atoms with van der Waals surface area (Å²) in [4.78, 5) is 10.9. The second kappa shape index (κ2) is 10.2. The van der Waals surface area contributed by atoms with Crippen molar-refractivity contribution in [1.82, 2.24) is 0 Å². The Hall–Kier alpha value is -1.72. The second-order valence-corrected chi connectivity index (χ2v) is 7.09. The van der Waals surface area contributed by atoms with Crippen LogP contribution in [0, 0.1) is 0 Å². The molecule has 0 aliphatic heterocycles. The monoisotopic (exact) mass is 350 g/mol. The lowest BCUT2D eigenvalue weighted by molar-refractivity contribution is -0.119. The van der Waals surface area contributed by atoms with Gasteiger partial charge in [0.2, 0.25) is 0 Å². The highest BCUT2D eigenvalue weighted by Gasteiger charge is 2.12. The van der Waals surface area contributed by atoms with E-state index in [-0.39, 0.29) is 4.90 Å². The third-order valence-electron chi connectivity index (χ3n) is 3.65. The molecule has 0 bridgehead atoms. The first-order valence-electron chi connectivity index (χ1n) is 8.37. The highest BCUT2D eigenvalue weighted by molar-refractivity contribution is 7.86. The molecule has 4 nitrogen and oxygen atoms in total. The number of hydrogen-bond donors (Lipinski definition) is 1. The largest absolute Gasteiger partial charge is 0.300 e. The van der Waals surface area contributed by atoms with E-state index < -0.39 is 10.1 Å². The number of carbonyl (C=O) groups excluding carboxylic acids is 1. The van der Waals surface area contributed by atoms with Gasteiger partial charge in [0.05, 0.1) is 0 Å². The zero-order valence-electron chi connectivity index (χ0n) is 14.4. The van der Waals surface area contributed by atoms with E-state index in [1.54, 1.807) is 30.3 Å². The van der Waals surface area contributed by atoms with Crippen LogP contribution in [-0.4, -0.2) is 18.8 Å².